The molecule has 1 heterocycles. The molecule has 156 valence electrons. The maximum absolute atomic E-state index is 12.8. The van der Waals surface area contributed by atoms with Crippen LogP contribution in [0.25, 0.3) is 0 Å². The van der Waals surface area contributed by atoms with Crippen molar-refractivity contribution in [2.75, 3.05) is 19.5 Å². The predicted molar refractivity (Wildman–Crippen MR) is 111 cm³/mol. The number of pyridine rings is 1. The van der Waals surface area contributed by atoms with Crippen LogP contribution in [0.15, 0.2) is 36.5 Å². The third kappa shape index (κ3) is 6.20. The van der Waals surface area contributed by atoms with Gasteiger partial charge in [-0.1, -0.05) is 32.3 Å². The number of anilines is 1. The van der Waals surface area contributed by atoms with Crippen molar-refractivity contribution in [1.29, 1.82) is 0 Å². The Bertz CT molecular complexity index is 838. The molecule has 1 amide bonds. The van der Waals surface area contributed by atoms with Gasteiger partial charge in [0.2, 0.25) is 11.8 Å². The molecule has 7 heteroatoms. The number of nitrogens with one attached hydrogen (secondary N) is 1. The van der Waals surface area contributed by atoms with Crippen molar-refractivity contribution in [2.24, 2.45) is 0 Å². The second-order valence-electron chi connectivity index (χ2n) is 6.77. The van der Waals surface area contributed by atoms with Gasteiger partial charge in [0, 0.05) is 18.2 Å². The van der Waals surface area contributed by atoms with Crippen molar-refractivity contribution in [3.8, 4) is 11.6 Å². The van der Waals surface area contributed by atoms with Gasteiger partial charge in [0.25, 0.3) is 0 Å². The zero-order valence-corrected chi connectivity index (χ0v) is 17.1. The number of hydrogen-bond acceptors (Lipinski definition) is 5. The van der Waals surface area contributed by atoms with Crippen LogP contribution in [0.1, 0.15) is 60.9 Å². The first-order valence-corrected chi connectivity index (χ1v) is 9.70. The highest BCUT2D eigenvalue weighted by Gasteiger charge is 2.21. The summed E-state index contributed by atoms with van der Waals surface area (Å²) in [5.41, 5.74) is 1.31. The highest BCUT2D eigenvalue weighted by atomic mass is 16.5. The van der Waals surface area contributed by atoms with Crippen molar-refractivity contribution < 1.29 is 24.2 Å². The van der Waals surface area contributed by atoms with Gasteiger partial charge in [-0.3, -0.25) is 4.79 Å². The summed E-state index contributed by atoms with van der Waals surface area (Å²) >= 11 is 0. The number of hydrogen-bond donors (Lipinski definition) is 2. The topological polar surface area (TPSA) is 97.8 Å². The Morgan fingerprint density at radius 3 is 2.62 bits per heavy atom. The zero-order valence-electron chi connectivity index (χ0n) is 17.1. The van der Waals surface area contributed by atoms with E-state index < -0.39 is 5.97 Å². The van der Waals surface area contributed by atoms with E-state index >= 15 is 0 Å². The number of unbranched alkanes of at least 4 members (excludes halogenated alkanes) is 2. The Kier molecular flexibility index (Phi) is 8.45. The van der Waals surface area contributed by atoms with Gasteiger partial charge in [-0.15, -0.1) is 0 Å². The summed E-state index contributed by atoms with van der Waals surface area (Å²) in [7, 11) is 3.04. The molecule has 7 nitrogen and oxygen atoms in total. The van der Waals surface area contributed by atoms with Gasteiger partial charge in [-0.2, -0.15) is 0 Å². The molecule has 0 aliphatic rings. The largest absolute Gasteiger partial charge is 0.495 e. The van der Waals surface area contributed by atoms with Crippen molar-refractivity contribution in [3.05, 3.63) is 47.7 Å². The molecule has 0 bridgehead atoms. The van der Waals surface area contributed by atoms with Gasteiger partial charge in [0.05, 0.1) is 25.5 Å². The fourth-order valence-corrected chi connectivity index (χ4v) is 3.26. The minimum absolute atomic E-state index is 0.0566. The smallest absolute Gasteiger partial charge is 0.335 e. The number of amides is 1. The second-order valence-corrected chi connectivity index (χ2v) is 6.77. The summed E-state index contributed by atoms with van der Waals surface area (Å²) in [6.07, 6.45) is 5.87. The van der Waals surface area contributed by atoms with E-state index in [0.717, 1.165) is 31.2 Å². The number of carboxylic acids is 1. The van der Waals surface area contributed by atoms with E-state index in [4.69, 9.17) is 9.47 Å². The fourth-order valence-electron chi connectivity index (χ4n) is 3.26. The number of carbonyl (C=O) groups is 2. The van der Waals surface area contributed by atoms with Gasteiger partial charge in [0.15, 0.2) is 0 Å². The SMILES string of the molecule is CCCCCC(CC(=O)Nc1cc(C(=O)O)ccc1OC)c1cccnc1OC. The lowest BCUT2D eigenvalue weighted by atomic mass is 9.90. The molecule has 0 aliphatic carbocycles. The van der Waals surface area contributed by atoms with Gasteiger partial charge < -0.3 is 19.9 Å². The first-order valence-electron chi connectivity index (χ1n) is 9.70. The van der Waals surface area contributed by atoms with Crippen LogP contribution in [0.5, 0.6) is 11.6 Å². The summed E-state index contributed by atoms with van der Waals surface area (Å²) in [5.74, 6) is -0.421. The van der Waals surface area contributed by atoms with Crippen molar-refractivity contribution in [1.82, 2.24) is 4.98 Å². The number of aromatic nitrogens is 1. The number of carboxylic acid groups (broad SMARTS) is 1. The van der Waals surface area contributed by atoms with Crippen molar-refractivity contribution >= 4 is 17.6 Å². The molecule has 1 aromatic heterocycles. The highest BCUT2D eigenvalue weighted by Crippen LogP contribution is 2.33. The zero-order chi connectivity index (χ0) is 21.2. The highest BCUT2D eigenvalue weighted by molar-refractivity contribution is 5.95. The summed E-state index contributed by atoms with van der Waals surface area (Å²) in [5, 5.41) is 12.0. The van der Waals surface area contributed by atoms with Gasteiger partial charge in [-0.25, -0.2) is 9.78 Å². The Hall–Kier alpha value is -3.09. The van der Waals surface area contributed by atoms with Crippen LogP contribution in [0, 0.1) is 0 Å². The molecule has 1 atom stereocenters. The molecule has 0 saturated carbocycles. The number of aromatic carboxylic acids is 1. The van der Waals surface area contributed by atoms with Crippen LogP contribution < -0.4 is 14.8 Å². The lowest BCUT2D eigenvalue weighted by molar-refractivity contribution is -0.116. The van der Waals surface area contributed by atoms with Crippen molar-refractivity contribution in [2.45, 2.75) is 44.9 Å². The maximum Gasteiger partial charge on any atom is 0.335 e. The normalized spacial score (nSPS) is 11.6. The standard InChI is InChI=1S/C22H28N2O5/c1-4-5-6-8-15(17-9-7-12-23-21(17)29-3)14-20(25)24-18-13-16(22(26)27)10-11-19(18)28-2/h7,9-13,15H,4-6,8,14H2,1-3H3,(H,24,25)(H,26,27). The molecule has 0 radical (unpaired) electrons. The summed E-state index contributed by atoms with van der Waals surface area (Å²) in [6.45, 7) is 2.13. The Labute approximate surface area is 171 Å². The van der Waals surface area contributed by atoms with Crippen LogP contribution in [-0.4, -0.2) is 36.2 Å². The molecule has 1 aromatic carbocycles. The van der Waals surface area contributed by atoms with E-state index in [1.54, 1.807) is 13.3 Å². The molecule has 0 aliphatic heterocycles. The lowest BCUT2D eigenvalue weighted by Crippen LogP contribution is -2.17. The van der Waals surface area contributed by atoms with E-state index in [1.807, 2.05) is 12.1 Å². The molecule has 2 rings (SSSR count). The van der Waals surface area contributed by atoms with E-state index in [0.29, 0.717) is 17.3 Å². The Morgan fingerprint density at radius 2 is 1.97 bits per heavy atom. The van der Waals surface area contributed by atoms with E-state index in [-0.39, 0.29) is 23.8 Å². The van der Waals surface area contributed by atoms with Crippen molar-refractivity contribution in [3.63, 3.8) is 0 Å². The molecule has 1 unspecified atom stereocenters. The van der Waals surface area contributed by atoms with E-state index in [2.05, 4.69) is 17.2 Å². The average Bonchev–Trinajstić information content (AvgIpc) is 2.73. The summed E-state index contributed by atoms with van der Waals surface area (Å²) in [6, 6.07) is 8.13. The Balaban J connectivity index is 2.21. The average molecular weight is 400 g/mol. The molecule has 2 aromatic rings. The Morgan fingerprint density at radius 1 is 1.17 bits per heavy atom. The van der Waals surface area contributed by atoms with Crippen LogP contribution in [-0.2, 0) is 4.79 Å². The second kappa shape index (κ2) is 11.0. The number of nitrogens with zero attached hydrogens (tertiary/aromatic N) is 1. The number of ether oxygens (including phenoxy) is 2. The fraction of sp³-hybridized carbons (Fsp3) is 0.409. The maximum atomic E-state index is 12.8. The molecule has 29 heavy (non-hydrogen) atoms. The molecule has 0 fully saturated rings. The predicted octanol–water partition coefficient (Wildman–Crippen LogP) is 4.49. The minimum Gasteiger partial charge on any atom is -0.495 e. The monoisotopic (exact) mass is 400 g/mol. The summed E-state index contributed by atoms with van der Waals surface area (Å²) < 4.78 is 10.6. The van der Waals surface area contributed by atoms with E-state index in [1.165, 1.54) is 25.3 Å². The molecule has 0 saturated heterocycles. The molecule has 2 N–H and O–H groups in total. The van der Waals surface area contributed by atoms with Gasteiger partial charge >= 0.3 is 5.97 Å². The minimum atomic E-state index is -1.07. The number of rotatable bonds is 11. The van der Waals surface area contributed by atoms with Gasteiger partial charge in [-0.05, 0) is 36.6 Å². The third-order valence-electron chi connectivity index (χ3n) is 4.74. The number of benzene rings is 1. The van der Waals surface area contributed by atoms with Crippen LogP contribution in [0.2, 0.25) is 0 Å². The molecular weight excluding hydrogens is 372 g/mol. The number of methoxy groups -OCH3 is 2. The lowest BCUT2D eigenvalue weighted by Gasteiger charge is -2.19. The first-order chi connectivity index (χ1) is 14.0. The van der Waals surface area contributed by atoms with Crippen LogP contribution in [0.4, 0.5) is 5.69 Å². The van der Waals surface area contributed by atoms with Crippen LogP contribution in [0.3, 0.4) is 0 Å². The third-order valence-corrected chi connectivity index (χ3v) is 4.74. The van der Waals surface area contributed by atoms with E-state index in [9.17, 15) is 14.7 Å². The van der Waals surface area contributed by atoms with Crippen LogP contribution >= 0.6 is 0 Å². The quantitative estimate of drug-likeness (QED) is 0.539. The van der Waals surface area contributed by atoms with Gasteiger partial charge in [0.1, 0.15) is 5.75 Å². The first kappa shape index (κ1) is 22.2. The molecular formula is C22H28N2O5. The summed E-state index contributed by atoms with van der Waals surface area (Å²) in [4.78, 5) is 28.3. The molecule has 0 spiro atoms. The number of carbonyl (C=O) groups excluding carboxylic acids is 1.